The molecule has 0 spiro atoms. The minimum Gasteiger partial charge on any atom is -0.325 e. The Balaban J connectivity index is 2.17. The lowest BCUT2D eigenvalue weighted by Crippen LogP contribution is -2.48. The van der Waals surface area contributed by atoms with Gasteiger partial charge in [-0.3, -0.25) is 4.79 Å². The molecule has 2 rings (SSSR count). The summed E-state index contributed by atoms with van der Waals surface area (Å²) in [6, 6.07) is 7.30. The van der Waals surface area contributed by atoms with Crippen LogP contribution in [0.5, 0.6) is 0 Å². The van der Waals surface area contributed by atoms with Gasteiger partial charge in [-0.15, -0.1) is 0 Å². The zero-order valence-electron chi connectivity index (χ0n) is 12.2. The molecule has 1 amide bonds. The third-order valence-electron chi connectivity index (χ3n) is 4.03. The monoisotopic (exact) mass is 349 g/mol. The molecule has 1 saturated heterocycles. The minimum atomic E-state index is -0.319. The molecule has 1 atom stereocenters. The molecule has 5 heteroatoms. The van der Waals surface area contributed by atoms with E-state index in [-0.39, 0.29) is 11.3 Å². The topological polar surface area (TPSA) is 64.9 Å². The van der Waals surface area contributed by atoms with Gasteiger partial charge in [-0.05, 0) is 59.9 Å². The summed E-state index contributed by atoms with van der Waals surface area (Å²) in [5.74, 6) is 0.0713. The normalized spacial score (nSPS) is 21.6. The van der Waals surface area contributed by atoms with E-state index >= 15 is 0 Å². The fourth-order valence-corrected chi connectivity index (χ4v) is 3.39. The number of nitrogens with one attached hydrogen (secondary N) is 2. The van der Waals surface area contributed by atoms with E-state index in [2.05, 4.69) is 39.6 Å². The molecule has 1 unspecified atom stereocenters. The summed E-state index contributed by atoms with van der Waals surface area (Å²) in [6.07, 6.45) is 3.83. The Morgan fingerprint density at radius 3 is 2.95 bits per heavy atom. The van der Waals surface area contributed by atoms with Gasteiger partial charge in [0.2, 0.25) is 5.91 Å². The molecular weight excluding hydrogens is 330 g/mol. The van der Waals surface area contributed by atoms with Crippen LogP contribution in [0.25, 0.3) is 0 Å². The predicted molar refractivity (Wildman–Crippen MR) is 86.9 cm³/mol. The van der Waals surface area contributed by atoms with Crippen LogP contribution in [0, 0.1) is 16.7 Å². The van der Waals surface area contributed by atoms with Crippen molar-refractivity contribution in [2.45, 2.75) is 32.6 Å². The van der Waals surface area contributed by atoms with E-state index in [1.54, 1.807) is 18.2 Å². The highest BCUT2D eigenvalue weighted by atomic mass is 79.9. The molecule has 0 aliphatic carbocycles. The number of anilines is 1. The first-order valence-corrected chi connectivity index (χ1v) is 8.12. The number of nitriles is 1. The van der Waals surface area contributed by atoms with Crippen LogP contribution in [-0.4, -0.2) is 19.0 Å². The van der Waals surface area contributed by atoms with Crippen molar-refractivity contribution < 1.29 is 4.79 Å². The summed E-state index contributed by atoms with van der Waals surface area (Å²) in [5, 5.41) is 15.2. The Hall–Kier alpha value is -1.38. The summed E-state index contributed by atoms with van der Waals surface area (Å²) < 4.78 is 0.741. The standard InChI is InChI=1S/C16H20BrN3O/c1-2-6-16(7-3-8-19-11-16)15(21)20-14-5-4-12(10-18)9-13(14)17/h4-5,9,19H,2-3,6-8,11H2,1H3,(H,20,21). The number of hydrogen-bond acceptors (Lipinski definition) is 3. The van der Waals surface area contributed by atoms with Crippen LogP contribution < -0.4 is 10.6 Å². The number of piperidine rings is 1. The second-order valence-electron chi connectivity index (χ2n) is 5.57. The number of nitrogens with zero attached hydrogens (tertiary/aromatic N) is 1. The van der Waals surface area contributed by atoms with Crippen LogP contribution in [0.2, 0.25) is 0 Å². The van der Waals surface area contributed by atoms with E-state index in [4.69, 9.17) is 5.26 Å². The summed E-state index contributed by atoms with van der Waals surface area (Å²) >= 11 is 3.42. The van der Waals surface area contributed by atoms with Crippen LogP contribution in [0.3, 0.4) is 0 Å². The highest BCUT2D eigenvalue weighted by Crippen LogP contribution is 2.34. The smallest absolute Gasteiger partial charge is 0.231 e. The lowest BCUT2D eigenvalue weighted by atomic mass is 9.76. The van der Waals surface area contributed by atoms with Crippen LogP contribution in [0.4, 0.5) is 5.69 Å². The summed E-state index contributed by atoms with van der Waals surface area (Å²) in [6.45, 7) is 3.83. The molecule has 2 N–H and O–H groups in total. The fraction of sp³-hybridized carbons (Fsp3) is 0.500. The molecule has 1 aromatic rings. The molecule has 0 saturated carbocycles. The van der Waals surface area contributed by atoms with E-state index in [1.807, 2.05) is 0 Å². The van der Waals surface area contributed by atoms with E-state index in [1.165, 1.54) is 0 Å². The Morgan fingerprint density at radius 1 is 1.57 bits per heavy atom. The predicted octanol–water partition coefficient (Wildman–Crippen LogP) is 3.43. The van der Waals surface area contributed by atoms with Gasteiger partial charge in [0.05, 0.1) is 22.7 Å². The first-order valence-electron chi connectivity index (χ1n) is 7.33. The van der Waals surface area contributed by atoms with Crippen LogP contribution >= 0.6 is 15.9 Å². The molecule has 1 heterocycles. The van der Waals surface area contributed by atoms with Gasteiger partial charge in [-0.25, -0.2) is 0 Å². The third-order valence-corrected chi connectivity index (χ3v) is 4.68. The molecule has 4 nitrogen and oxygen atoms in total. The van der Waals surface area contributed by atoms with Crippen LogP contribution in [0.1, 0.15) is 38.2 Å². The van der Waals surface area contributed by atoms with Crippen LogP contribution in [0.15, 0.2) is 22.7 Å². The Kier molecular flexibility index (Phi) is 5.38. The maximum Gasteiger partial charge on any atom is 0.231 e. The Labute approximate surface area is 134 Å². The minimum absolute atomic E-state index is 0.0713. The van der Waals surface area contributed by atoms with Gasteiger partial charge in [0.15, 0.2) is 0 Å². The second kappa shape index (κ2) is 7.06. The molecule has 112 valence electrons. The molecule has 0 bridgehead atoms. The highest BCUT2D eigenvalue weighted by molar-refractivity contribution is 9.10. The average Bonchev–Trinajstić information content (AvgIpc) is 2.50. The zero-order chi connectivity index (χ0) is 15.3. The number of amides is 1. The lowest BCUT2D eigenvalue weighted by Gasteiger charge is -2.36. The molecule has 1 fully saturated rings. The van der Waals surface area contributed by atoms with E-state index in [0.29, 0.717) is 5.56 Å². The van der Waals surface area contributed by atoms with E-state index in [0.717, 1.165) is 48.9 Å². The summed E-state index contributed by atoms with van der Waals surface area (Å²) in [7, 11) is 0. The maximum atomic E-state index is 12.7. The van der Waals surface area contributed by atoms with Gasteiger partial charge in [-0.2, -0.15) is 5.26 Å². The Morgan fingerprint density at radius 2 is 2.38 bits per heavy atom. The first-order chi connectivity index (χ1) is 10.1. The molecule has 0 radical (unpaired) electrons. The van der Waals surface area contributed by atoms with Crippen molar-refractivity contribution in [1.29, 1.82) is 5.26 Å². The van der Waals surface area contributed by atoms with Crippen molar-refractivity contribution in [3.8, 4) is 6.07 Å². The van der Waals surface area contributed by atoms with Gasteiger partial charge < -0.3 is 10.6 Å². The van der Waals surface area contributed by atoms with Gasteiger partial charge in [0, 0.05) is 11.0 Å². The number of hydrogen-bond donors (Lipinski definition) is 2. The van der Waals surface area contributed by atoms with Crippen molar-refractivity contribution >= 4 is 27.5 Å². The molecule has 21 heavy (non-hydrogen) atoms. The van der Waals surface area contributed by atoms with Gasteiger partial charge in [0.25, 0.3) is 0 Å². The van der Waals surface area contributed by atoms with Crippen molar-refractivity contribution in [3.05, 3.63) is 28.2 Å². The molecule has 1 aliphatic heterocycles. The molecule has 1 aliphatic rings. The SMILES string of the molecule is CCCC1(C(=O)Nc2ccc(C#N)cc2Br)CCCNC1. The van der Waals surface area contributed by atoms with Gasteiger partial charge in [0.1, 0.15) is 0 Å². The highest BCUT2D eigenvalue weighted by Gasteiger charge is 2.38. The average molecular weight is 350 g/mol. The number of rotatable bonds is 4. The van der Waals surface area contributed by atoms with Crippen molar-refractivity contribution in [1.82, 2.24) is 5.32 Å². The molecule has 1 aromatic carbocycles. The van der Waals surface area contributed by atoms with E-state index in [9.17, 15) is 4.79 Å². The quantitative estimate of drug-likeness (QED) is 0.874. The summed E-state index contributed by atoms with van der Waals surface area (Å²) in [4.78, 5) is 12.7. The zero-order valence-corrected chi connectivity index (χ0v) is 13.8. The number of carbonyl (C=O) groups excluding carboxylic acids is 1. The van der Waals surface area contributed by atoms with Crippen molar-refractivity contribution in [3.63, 3.8) is 0 Å². The number of carbonyl (C=O) groups is 1. The van der Waals surface area contributed by atoms with Gasteiger partial charge in [-0.1, -0.05) is 13.3 Å². The maximum absolute atomic E-state index is 12.7. The Bertz CT molecular complexity index is 554. The van der Waals surface area contributed by atoms with Crippen molar-refractivity contribution in [2.24, 2.45) is 5.41 Å². The summed E-state index contributed by atoms with van der Waals surface area (Å²) in [5.41, 5.74) is 0.975. The number of benzene rings is 1. The third kappa shape index (κ3) is 3.63. The molecular formula is C16H20BrN3O. The van der Waals surface area contributed by atoms with Gasteiger partial charge >= 0.3 is 0 Å². The van der Waals surface area contributed by atoms with Crippen LogP contribution in [-0.2, 0) is 4.79 Å². The largest absolute Gasteiger partial charge is 0.325 e. The molecule has 0 aromatic heterocycles. The number of halogens is 1. The van der Waals surface area contributed by atoms with E-state index < -0.39 is 0 Å². The lowest BCUT2D eigenvalue weighted by molar-refractivity contribution is -0.127. The van der Waals surface area contributed by atoms with Crippen molar-refractivity contribution in [2.75, 3.05) is 18.4 Å². The first kappa shape index (κ1) is 16.0. The fourth-order valence-electron chi connectivity index (χ4n) is 2.91. The second-order valence-corrected chi connectivity index (χ2v) is 6.43.